The summed E-state index contributed by atoms with van der Waals surface area (Å²) in [6.07, 6.45) is 3.83. The molecule has 2 aliphatic rings. The number of carbonyl (C=O) groups is 1. The van der Waals surface area contributed by atoms with Gasteiger partial charge >= 0.3 is 0 Å². The lowest BCUT2D eigenvalue weighted by Crippen LogP contribution is -2.46. The molecule has 1 spiro atoms. The highest BCUT2D eigenvalue weighted by molar-refractivity contribution is 7.92. The van der Waals surface area contributed by atoms with E-state index in [2.05, 4.69) is 30.0 Å². The number of aryl methyl sites for hydroxylation is 2. The maximum Gasteiger partial charge on any atom is 0.254 e. The van der Waals surface area contributed by atoms with Gasteiger partial charge in [0.05, 0.1) is 28.0 Å². The largest absolute Gasteiger partial charge is 0.334 e. The number of likely N-dealkylation sites (N-methyl/N-ethyl adjacent to an activating group) is 1. The smallest absolute Gasteiger partial charge is 0.254 e. The fourth-order valence-corrected chi connectivity index (χ4v) is 8.97. The van der Waals surface area contributed by atoms with Gasteiger partial charge in [0.25, 0.3) is 5.91 Å². The molecule has 2 aliphatic heterocycles. The van der Waals surface area contributed by atoms with Crippen LogP contribution < -0.4 is 4.31 Å². The zero-order valence-corrected chi connectivity index (χ0v) is 30.3. The summed E-state index contributed by atoms with van der Waals surface area (Å²) in [7, 11) is -1.47. The molecule has 1 unspecified atom stereocenters. The van der Waals surface area contributed by atoms with Crippen LogP contribution in [0.25, 0.3) is 0 Å². The van der Waals surface area contributed by atoms with E-state index in [9.17, 15) is 13.2 Å². The van der Waals surface area contributed by atoms with Crippen LogP contribution in [-0.4, -0.2) is 63.6 Å². The minimum atomic E-state index is -3.37. The fraction of sp³-hybridized carbons (Fsp3) is 0.359. The van der Waals surface area contributed by atoms with Crippen LogP contribution in [-0.2, 0) is 15.4 Å². The first-order chi connectivity index (χ1) is 22.9. The number of likely N-dealkylation sites (tertiary alicyclic amines) is 1. The standard InChI is InChI=1S/C39H43Cl2N3O3S/c1-27-14-15-31(24-28(27)2)38(45)42(3)37(29-10-6-5-7-11-29)32(30-16-17-34(40)35(41)25-30)18-21-43-22-19-39(20-23-43)26-44(48(4,46)47)36-13-9-8-12-33(36)39/h5-17,24-25,32,37H,18-23,26H2,1-4H3/t32?,37-/m1/s1. The molecule has 2 heterocycles. The van der Waals surface area contributed by atoms with Gasteiger partial charge < -0.3 is 9.80 Å². The number of anilines is 1. The van der Waals surface area contributed by atoms with Crippen molar-refractivity contribution in [1.29, 1.82) is 0 Å². The van der Waals surface area contributed by atoms with E-state index in [1.165, 1.54) is 6.26 Å². The van der Waals surface area contributed by atoms with Crippen molar-refractivity contribution in [2.75, 3.05) is 43.8 Å². The molecule has 0 aliphatic carbocycles. The van der Waals surface area contributed by atoms with Crippen molar-refractivity contribution >= 4 is 44.8 Å². The normalized spacial score (nSPS) is 17.2. The van der Waals surface area contributed by atoms with Crippen molar-refractivity contribution in [1.82, 2.24) is 9.80 Å². The number of halogens is 2. The number of carbonyl (C=O) groups excluding carboxylic acids is 1. The van der Waals surface area contributed by atoms with Crippen molar-refractivity contribution in [3.05, 3.63) is 134 Å². The van der Waals surface area contributed by atoms with E-state index in [1.54, 1.807) is 4.31 Å². The van der Waals surface area contributed by atoms with E-state index < -0.39 is 10.0 Å². The zero-order chi connectivity index (χ0) is 34.2. The lowest BCUT2D eigenvalue weighted by molar-refractivity contribution is 0.0692. The molecule has 0 aromatic heterocycles. The van der Waals surface area contributed by atoms with Gasteiger partial charge in [0.2, 0.25) is 10.0 Å². The maximum atomic E-state index is 14.1. The second-order valence-corrected chi connectivity index (χ2v) is 16.3. The molecule has 0 bridgehead atoms. The molecule has 0 radical (unpaired) electrons. The van der Waals surface area contributed by atoms with E-state index in [0.29, 0.717) is 22.2 Å². The van der Waals surface area contributed by atoms with Crippen molar-refractivity contribution in [3.8, 4) is 0 Å². The molecule has 4 aromatic rings. The van der Waals surface area contributed by atoms with Gasteiger partial charge in [-0.1, -0.05) is 83.9 Å². The summed E-state index contributed by atoms with van der Waals surface area (Å²) in [5.74, 6) is -0.112. The van der Waals surface area contributed by atoms with Crippen LogP contribution in [0.2, 0.25) is 10.0 Å². The van der Waals surface area contributed by atoms with Gasteiger partial charge in [-0.2, -0.15) is 0 Å². The number of sulfonamides is 1. The summed E-state index contributed by atoms with van der Waals surface area (Å²) in [6.45, 7) is 7.10. The second-order valence-electron chi connectivity index (χ2n) is 13.5. The van der Waals surface area contributed by atoms with Crippen LogP contribution in [0.1, 0.15) is 69.4 Å². The van der Waals surface area contributed by atoms with Gasteiger partial charge in [0.15, 0.2) is 0 Å². The van der Waals surface area contributed by atoms with Crippen molar-refractivity contribution < 1.29 is 13.2 Å². The monoisotopic (exact) mass is 703 g/mol. The number of hydrogen-bond donors (Lipinski definition) is 0. The molecule has 1 fully saturated rings. The molecule has 0 saturated carbocycles. The lowest BCUT2D eigenvalue weighted by Gasteiger charge is -2.41. The molecule has 1 amide bonds. The Balaban J connectivity index is 1.28. The minimum absolute atomic E-state index is 0.0349. The van der Waals surface area contributed by atoms with Crippen LogP contribution in [0.15, 0.2) is 91.0 Å². The average molecular weight is 705 g/mol. The fourth-order valence-electron chi connectivity index (χ4n) is 7.66. The van der Waals surface area contributed by atoms with Gasteiger partial charge in [0, 0.05) is 30.5 Å². The van der Waals surface area contributed by atoms with E-state index in [4.69, 9.17) is 23.2 Å². The zero-order valence-electron chi connectivity index (χ0n) is 28.0. The number of fused-ring (bicyclic) bond motifs is 2. The van der Waals surface area contributed by atoms with Gasteiger partial charge in [-0.25, -0.2) is 8.42 Å². The number of benzene rings is 4. The van der Waals surface area contributed by atoms with Crippen LogP contribution >= 0.6 is 23.2 Å². The van der Waals surface area contributed by atoms with Crippen LogP contribution in [0, 0.1) is 13.8 Å². The molecule has 9 heteroatoms. The molecule has 252 valence electrons. The highest BCUT2D eigenvalue weighted by Crippen LogP contribution is 2.48. The number of amides is 1. The molecule has 4 aromatic carbocycles. The summed E-state index contributed by atoms with van der Waals surface area (Å²) in [5, 5.41) is 0.987. The third kappa shape index (κ3) is 6.88. The van der Waals surface area contributed by atoms with E-state index in [-0.39, 0.29) is 23.3 Å². The minimum Gasteiger partial charge on any atom is -0.334 e. The van der Waals surface area contributed by atoms with E-state index >= 15 is 0 Å². The summed E-state index contributed by atoms with van der Waals surface area (Å²) in [4.78, 5) is 18.5. The topological polar surface area (TPSA) is 60.9 Å². The Bertz CT molecular complexity index is 1910. The Kier molecular flexibility index (Phi) is 9.97. The second kappa shape index (κ2) is 13.9. The van der Waals surface area contributed by atoms with Gasteiger partial charge in [-0.3, -0.25) is 9.10 Å². The third-order valence-electron chi connectivity index (χ3n) is 10.5. The summed E-state index contributed by atoms with van der Waals surface area (Å²) >= 11 is 13.0. The van der Waals surface area contributed by atoms with Gasteiger partial charge in [-0.15, -0.1) is 0 Å². The first-order valence-electron chi connectivity index (χ1n) is 16.5. The lowest BCUT2D eigenvalue weighted by atomic mass is 9.74. The number of piperidine rings is 1. The molecular formula is C39H43Cl2N3O3S. The third-order valence-corrected chi connectivity index (χ3v) is 12.4. The maximum absolute atomic E-state index is 14.1. The van der Waals surface area contributed by atoms with Gasteiger partial charge in [-0.05, 0) is 111 Å². The molecule has 2 atom stereocenters. The Labute approximate surface area is 295 Å². The highest BCUT2D eigenvalue weighted by atomic mass is 35.5. The SMILES string of the molecule is Cc1ccc(C(=O)N(C)[C@H](c2ccccc2)C(CCN2CCC3(CC2)CN(S(C)(=O)=O)c2ccccc23)c2ccc(Cl)c(Cl)c2)cc1C. The first-order valence-corrected chi connectivity index (χ1v) is 19.1. The first kappa shape index (κ1) is 34.5. The summed E-state index contributed by atoms with van der Waals surface area (Å²) in [6, 6.07) is 29.6. The summed E-state index contributed by atoms with van der Waals surface area (Å²) in [5.41, 5.74) is 6.74. The van der Waals surface area contributed by atoms with Crippen LogP contribution in [0.3, 0.4) is 0 Å². The van der Waals surface area contributed by atoms with E-state index in [0.717, 1.165) is 72.4 Å². The number of hydrogen-bond acceptors (Lipinski definition) is 4. The van der Waals surface area contributed by atoms with Crippen molar-refractivity contribution in [2.45, 2.75) is 50.5 Å². The van der Waals surface area contributed by atoms with Crippen LogP contribution in [0.5, 0.6) is 0 Å². The molecule has 0 N–H and O–H groups in total. The molecule has 48 heavy (non-hydrogen) atoms. The number of para-hydroxylation sites is 1. The number of rotatable bonds is 9. The Morgan fingerprint density at radius 2 is 1.54 bits per heavy atom. The van der Waals surface area contributed by atoms with E-state index in [1.807, 2.05) is 91.7 Å². The predicted octanol–water partition coefficient (Wildman–Crippen LogP) is 8.41. The quantitative estimate of drug-likeness (QED) is 0.176. The number of nitrogens with zero attached hydrogens (tertiary/aromatic N) is 3. The average Bonchev–Trinajstić information content (AvgIpc) is 3.40. The van der Waals surface area contributed by atoms with Crippen molar-refractivity contribution in [3.63, 3.8) is 0 Å². The molecule has 1 saturated heterocycles. The van der Waals surface area contributed by atoms with Crippen molar-refractivity contribution in [2.24, 2.45) is 0 Å². The highest BCUT2D eigenvalue weighted by Gasteiger charge is 2.47. The predicted molar refractivity (Wildman–Crippen MR) is 197 cm³/mol. The summed E-state index contributed by atoms with van der Waals surface area (Å²) < 4.78 is 27.0. The van der Waals surface area contributed by atoms with Crippen LogP contribution in [0.4, 0.5) is 5.69 Å². The molecule has 6 nitrogen and oxygen atoms in total. The Morgan fingerprint density at radius 3 is 2.21 bits per heavy atom. The molecular weight excluding hydrogens is 661 g/mol. The molecule has 6 rings (SSSR count). The Morgan fingerprint density at radius 1 is 0.854 bits per heavy atom. The van der Waals surface area contributed by atoms with Gasteiger partial charge in [0.1, 0.15) is 0 Å². The Hall–Kier alpha value is -3.36.